The van der Waals surface area contributed by atoms with Crippen LogP contribution >= 0.6 is 0 Å². The molecule has 20 aromatic carbocycles. The summed E-state index contributed by atoms with van der Waals surface area (Å²) < 4.78 is 0. The Morgan fingerprint density at radius 2 is 0.144 bits per heavy atom. The van der Waals surface area contributed by atoms with Crippen LogP contribution < -0.4 is 0 Å². The molecule has 0 radical (unpaired) electrons. The Hall–Kier alpha value is -13.5. The average Bonchev–Trinajstić information content (AvgIpc) is 0.762. The maximum atomic E-state index is 2.34. The molecule has 0 nitrogen and oxygen atoms in total. The van der Waals surface area contributed by atoms with Gasteiger partial charge in [0.1, 0.15) is 0 Å². The predicted molar refractivity (Wildman–Crippen MR) is 445 cm³/mol. The molecule has 104 heavy (non-hydrogen) atoms. The third kappa shape index (κ3) is 9.54. The molecule has 0 atom stereocenters. The molecule has 34 rings (SSSR count). The predicted octanol–water partition coefficient (Wildman–Crippen LogP) is 29.2. The van der Waals surface area contributed by atoms with Crippen molar-refractivity contribution in [3.63, 3.8) is 0 Å². The zero-order valence-electron chi connectivity index (χ0n) is 57.0. The molecule has 0 aromatic heterocycles. The Bertz CT molecular complexity index is 5650. The van der Waals surface area contributed by atoms with Gasteiger partial charge in [0.25, 0.3) is 0 Å². The molecule has 0 spiro atoms. The van der Waals surface area contributed by atoms with Gasteiger partial charge in [-0.25, -0.2) is 0 Å². The van der Waals surface area contributed by atoms with Crippen LogP contribution in [0.15, 0.2) is 388 Å². The van der Waals surface area contributed by atoms with Gasteiger partial charge >= 0.3 is 0 Å². The van der Waals surface area contributed by atoms with E-state index in [2.05, 4.69) is 388 Å². The number of hydrogen-bond acceptors (Lipinski definition) is 0. The zero-order chi connectivity index (χ0) is 68.3. The minimum absolute atomic E-state index is 1.19. The van der Waals surface area contributed by atoms with Crippen molar-refractivity contribution in [2.45, 2.75) is 0 Å². The second kappa shape index (κ2) is 24.1. The maximum Gasteiger partial charge on any atom is -0.00987 e. The van der Waals surface area contributed by atoms with Crippen LogP contribution in [0.5, 0.6) is 0 Å². The Kier molecular flexibility index (Phi) is 13.8. The Morgan fingerprint density at radius 3 is 0.240 bits per heavy atom. The van der Waals surface area contributed by atoms with Crippen LogP contribution in [0.1, 0.15) is 0 Å². The standard InChI is InChI=1S/C104H64/c1-9-25-89-81(17-1)73-49-57-97(89)98-58-50-74(82-18-2-10-26-90(82)98)67-37-39-68(40-38-67)76-53-61-101(93-29-13-5-20-84(76)93)102-62-54-78(86-22-6-14-30-94(86)102)71-45-47-72(48-46-71)80-56-64-104(96-32-16-8-24-88(80)96)103-63-55-79(87-23-7-15-31-95(87)103)70-43-41-69(42-44-70)77-52-60-100(92-28-12-4-21-85(77)92)99-59-51-75(66-35-33-65(73)34-36-66)83-19-3-11-27-91(83)99/h1-64H. The van der Waals surface area contributed by atoms with Crippen LogP contribution in [0.25, 0.3) is 220 Å². The summed E-state index contributed by atoms with van der Waals surface area (Å²) in [7, 11) is 0. The Balaban J connectivity index is 0.703. The molecule has 480 valence electrons. The van der Waals surface area contributed by atoms with E-state index in [-0.39, 0.29) is 0 Å². The smallest absolute Gasteiger partial charge is 0.00987 e. The summed E-state index contributed by atoms with van der Waals surface area (Å²) in [4.78, 5) is 0. The highest BCUT2D eigenvalue weighted by Gasteiger charge is 2.22. The van der Waals surface area contributed by atoms with Crippen molar-refractivity contribution in [2.75, 3.05) is 0 Å². The third-order valence-electron chi connectivity index (χ3n) is 22.6. The quantitative estimate of drug-likeness (QED) is 0.142. The molecular formula is C104H64. The zero-order valence-corrected chi connectivity index (χ0v) is 57.0. The van der Waals surface area contributed by atoms with Crippen molar-refractivity contribution in [1.82, 2.24) is 0 Å². The van der Waals surface area contributed by atoms with Crippen LogP contribution in [-0.4, -0.2) is 0 Å². The molecule has 14 aliphatic rings. The third-order valence-corrected chi connectivity index (χ3v) is 22.6. The largest absolute Gasteiger partial charge is 0.0616 e. The molecule has 24 bridgehead atoms. The topological polar surface area (TPSA) is 0 Å². The van der Waals surface area contributed by atoms with Crippen LogP contribution in [0.2, 0.25) is 0 Å². The van der Waals surface area contributed by atoms with Crippen molar-refractivity contribution >= 4 is 86.2 Å². The first-order chi connectivity index (χ1) is 51.6. The fourth-order valence-electron chi connectivity index (χ4n) is 17.6. The first-order valence-electron chi connectivity index (χ1n) is 36.2. The Labute approximate surface area is 604 Å². The molecule has 0 N–H and O–H groups in total. The fraction of sp³-hybridized carbons (Fsp3) is 0. The number of rotatable bonds is 0. The molecule has 0 heteroatoms. The van der Waals surface area contributed by atoms with E-state index in [0.717, 1.165) is 0 Å². The average molecular weight is 1310 g/mol. The minimum atomic E-state index is 1.19. The number of fused-ring (bicyclic) bond motifs is 7. The van der Waals surface area contributed by atoms with Crippen molar-refractivity contribution in [3.05, 3.63) is 388 Å². The van der Waals surface area contributed by atoms with Crippen molar-refractivity contribution in [2.24, 2.45) is 0 Å². The van der Waals surface area contributed by atoms with Gasteiger partial charge in [-0.15, -0.1) is 0 Å². The summed E-state index contributed by atoms with van der Waals surface area (Å²) in [5.74, 6) is 0. The maximum absolute atomic E-state index is 2.34. The van der Waals surface area contributed by atoms with E-state index in [9.17, 15) is 0 Å². The van der Waals surface area contributed by atoms with Crippen LogP contribution in [0, 0.1) is 0 Å². The van der Waals surface area contributed by atoms with Crippen molar-refractivity contribution in [1.29, 1.82) is 0 Å². The van der Waals surface area contributed by atoms with E-state index in [4.69, 9.17) is 0 Å². The number of hydrogen-bond donors (Lipinski definition) is 0. The first-order valence-corrected chi connectivity index (χ1v) is 36.2. The summed E-state index contributed by atoms with van der Waals surface area (Å²) in [5, 5.41) is 19.7. The van der Waals surface area contributed by atoms with Crippen LogP contribution in [0.3, 0.4) is 0 Å². The highest BCUT2D eigenvalue weighted by Crippen LogP contribution is 2.48. The fourth-order valence-corrected chi connectivity index (χ4v) is 17.6. The summed E-state index contributed by atoms with van der Waals surface area (Å²) in [6, 6.07) is 146. The normalized spacial score (nSPS) is 11.8. The molecule has 0 saturated carbocycles. The van der Waals surface area contributed by atoms with Gasteiger partial charge in [-0.3, -0.25) is 0 Å². The van der Waals surface area contributed by atoms with Gasteiger partial charge in [0.15, 0.2) is 0 Å². The molecule has 0 unspecified atom stereocenters. The highest BCUT2D eigenvalue weighted by atomic mass is 14.3. The number of benzene rings is 20. The molecule has 0 heterocycles. The van der Waals surface area contributed by atoms with E-state index in [1.807, 2.05) is 0 Å². The molecule has 14 aliphatic carbocycles. The van der Waals surface area contributed by atoms with Gasteiger partial charge in [0.05, 0.1) is 0 Å². The van der Waals surface area contributed by atoms with E-state index < -0.39 is 0 Å². The monoisotopic (exact) mass is 1310 g/mol. The lowest BCUT2D eigenvalue weighted by Crippen LogP contribution is -1.91. The van der Waals surface area contributed by atoms with Gasteiger partial charge < -0.3 is 0 Å². The molecule has 0 aliphatic heterocycles. The van der Waals surface area contributed by atoms with Gasteiger partial charge in [-0.1, -0.05) is 388 Å². The summed E-state index contributed by atoms with van der Waals surface area (Å²) in [5.41, 5.74) is 29.1. The lowest BCUT2D eigenvalue weighted by molar-refractivity contribution is 1.60. The molecular weight excluding hydrogens is 1250 g/mol. The molecule has 0 amide bonds. The summed E-state index contributed by atoms with van der Waals surface area (Å²) >= 11 is 0. The van der Waals surface area contributed by atoms with E-state index in [1.54, 1.807) is 0 Å². The van der Waals surface area contributed by atoms with Gasteiger partial charge in [0, 0.05) is 0 Å². The van der Waals surface area contributed by atoms with Gasteiger partial charge in [-0.05, 0) is 220 Å². The lowest BCUT2D eigenvalue weighted by atomic mass is 9.86. The first kappa shape index (κ1) is 59.4. The van der Waals surface area contributed by atoms with E-state index >= 15 is 0 Å². The van der Waals surface area contributed by atoms with E-state index in [0.29, 0.717) is 0 Å². The highest BCUT2D eigenvalue weighted by molar-refractivity contribution is 6.18. The lowest BCUT2D eigenvalue weighted by Gasteiger charge is -2.18. The van der Waals surface area contributed by atoms with E-state index in [1.165, 1.54) is 220 Å². The van der Waals surface area contributed by atoms with Gasteiger partial charge in [0.2, 0.25) is 0 Å². The van der Waals surface area contributed by atoms with Crippen molar-refractivity contribution in [3.8, 4) is 134 Å². The SMILES string of the molecule is c1ccc2c3ccc(c2c1)-c1ccc(cc1)-c1ccc(c2ccccc12)-c1ccc(c2ccccc12)-c1ccc(cc1)-c1ccc(c2ccccc12)-c1ccc(c2ccccc12)-c1ccc(cc1)-c1ccc(c2ccccc12)-c1ccc(c2ccccc12)-c1ccc(cc1)-c1ccc-3c2ccccc12. The van der Waals surface area contributed by atoms with Crippen LogP contribution in [0.4, 0.5) is 0 Å². The summed E-state index contributed by atoms with van der Waals surface area (Å²) in [6.07, 6.45) is 0. The molecule has 0 saturated heterocycles. The summed E-state index contributed by atoms with van der Waals surface area (Å²) in [6.45, 7) is 0. The minimum Gasteiger partial charge on any atom is -0.0616 e. The van der Waals surface area contributed by atoms with Gasteiger partial charge in [-0.2, -0.15) is 0 Å². The second-order valence-electron chi connectivity index (χ2n) is 28.0. The Morgan fingerprint density at radius 1 is 0.0673 bits per heavy atom. The molecule has 20 aromatic rings. The second-order valence-corrected chi connectivity index (χ2v) is 28.0. The molecule has 0 fully saturated rings. The van der Waals surface area contributed by atoms with Crippen molar-refractivity contribution < 1.29 is 0 Å². The van der Waals surface area contributed by atoms with Crippen LogP contribution in [-0.2, 0) is 0 Å².